The van der Waals surface area contributed by atoms with Crippen molar-refractivity contribution in [1.29, 1.82) is 5.26 Å². The van der Waals surface area contributed by atoms with Crippen molar-refractivity contribution < 1.29 is 0 Å². The lowest BCUT2D eigenvalue weighted by Gasteiger charge is -1.99. The highest BCUT2D eigenvalue weighted by molar-refractivity contribution is 7.15. The molecule has 0 radical (unpaired) electrons. The van der Waals surface area contributed by atoms with Gasteiger partial charge in [-0.3, -0.25) is 0 Å². The van der Waals surface area contributed by atoms with Crippen LogP contribution in [0.25, 0.3) is 0 Å². The summed E-state index contributed by atoms with van der Waals surface area (Å²) >= 11 is 12.7. The zero-order valence-electron chi connectivity index (χ0n) is 5.34. The van der Waals surface area contributed by atoms with Crippen molar-refractivity contribution in [3.05, 3.63) is 20.3 Å². The summed E-state index contributed by atoms with van der Waals surface area (Å²) < 4.78 is 0.490. The molecule has 1 aromatic rings. The lowest BCUT2D eigenvalue weighted by atomic mass is 10.2. The van der Waals surface area contributed by atoms with E-state index in [1.165, 1.54) is 11.3 Å². The monoisotopic (exact) mass is 206 g/mol. The summed E-state index contributed by atoms with van der Waals surface area (Å²) in [5.74, 6) is 0. The molecule has 0 aliphatic carbocycles. The Labute approximate surface area is 78.1 Å². The van der Waals surface area contributed by atoms with E-state index in [9.17, 15) is 0 Å². The van der Waals surface area contributed by atoms with Crippen LogP contribution >= 0.6 is 34.5 Å². The van der Waals surface area contributed by atoms with Gasteiger partial charge in [-0.2, -0.15) is 5.26 Å². The summed E-state index contributed by atoms with van der Waals surface area (Å²) in [6.45, 7) is 0. The summed E-state index contributed by atoms with van der Waals surface area (Å²) in [5, 5.41) is 10.6. The number of halogens is 2. The molecular weight excluding hydrogens is 203 g/mol. The van der Waals surface area contributed by atoms with Crippen LogP contribution in [0.2, 0.25) is 9.36 Å². The second-order valence-electron chi connectivity index (χ2n) is 1.88. The minimum absolute atomic E-state index is 0.467. The smallest absolute Gasteiger partial charge is 0.122 e. The summed E-state index contributed by atoms with van der Waals surface area (Å²) in [7, 11) is 0. The molecule has 0 aliphatic heterocycles. The molecule has 1 aromatic heterocycles. The number of nitriles is 1. The van der Waals surface area contributed by atoms with Gasteiger partial charge >= 0.3 is 0 Å². The first kappa shape index (κ1) is 8.82. The Morgan fingerprint density at radius 1 is 1.64 bits per heavy atom. The average Bonchev–Trinajstić information content (AvgIpc) is 2.30. The van der Waals surface area contributed by atoms with Crippen LogP contribution in [0.15, 0.2) is 5.38 Å². The van der Waals surface area contributed by atoms with E-state index in [4.69, 9.17) is 34.2 Å². The highest BCUT2D eigenvalue weighted by atomic mass is 35.5. The Balaban J connectivity index is 3.12. The minimum atomic E-state index is -0.721. The Kier molecular flexibility index (Phi) is 2.74. The molecule has 58 valence electrons. The van der Waals surface area contributed by atoms with Crippen molar-refractivity contribution >= 4 is 34.5 Å². The molecule has 11 heavy (non-hydrogen) atoms. The Hall–Kier alpha value is -0.270. The van der Waals surface area contributed by atoms with Gasteiger partial charge in [-0.1, -0.05) is 23.2 Å². The molecule has 2 nitrogen and oxygen atoms in total. The van der Waals surface area contributed by atoms with Crippen LogP contribution in [0, 0.1) is 11.3 Å². The van der Waals surface area contributed by atoms with Crippen LogP contribution in [0.4, 0.5) is 0 Å². The van der Waals surface area contributed by atoms with E-state index in [-0.39, 0.29) is 0 Å². The number of nitrogens with zero attached hydrogens (tertiary/aromatic N) is 1. The molecule has 0 amide bonds. The number of thiophene rings is 1. The largest absolute Gasteiger partial charge is 0.312 e. The van der Waals surface area contributed by atoms with Crippen LogP contribution in [-0.2, 0) is 0 Å². The van der Waals surface area contributed by atoms with Gasteiger partial charge in [-0.15, -0.1) is 11.3 Å². The molecule has 1 rings (SSSR count). The third-order valence-corrected chi connectivity index (χ3v) is 2.88. The van der Waals surface area contributed by atoms with E-state index in [2.05, 4.69) is 0 Å². The first-order valence-corrected chi connectivity index (χ1v) is 4.38. The molecule has 1 unspecified atom stereocenters. The molecule has 0 aromatic carbocycles. The number of hydrogen-bond donors (Lipinski definition) is 1. The van der Waals surface area contributed by atoms with Crippen LogP contribution < -0.4 is 5.73 Å². The zero-order valence-corrected chi connectivity index (χ0v) is 7.67. The molecule has 0 spiro atoms. The van der Waals surface area contributed by atoms with Gasteiger partial charge in [-0.05, 0) is 0 Å². The van der Waals surface area contributed by atoms with Crippen LogP contribution in [0.1, 0.15) is 11.6 Å². The standard InChI is InChI=1S/C6H4Cl2N2S/c7-3-2-11-6(8)5(3)4(10)1-9/h2,4H,10H2. The van der Waals surface area contributed by atoms with E-state index in [0.717, 1.165) is 0 Å². The quantitative estimate of drug-likeness (QED) is 0.769. The minimum Gasteiger partial charge on any atom is -0.312 e. The van der Waals surface area contributed by atoms with Crippen molar-refractivity contribution in [2.24, 2.45) is 5.73 Å². The van der Waals surface area contributed by atoms with Gasteiger partial charge in [0.05, 0.1) is 11.1 Å². The van der Waals surface area contributed by atoms with Gasteiger partial charge in [0.25, 0.3) is 0 Å². The van der Waals surface area contributed by atoms with Crippen LogP contribution in [0.5, 0.6) is 0 Å². The molecule has 0 aliphatic rings. The van der Waals surface area contributed by atoms with Crippen molar-refractivity contribution in [3.63, 3.8) is 0 Å². The normalized spacial score (nSPS) is 12.5. The van der Waals surface area contributed by atoms with E-state index < -0.39 is 6.04 Å². The van der Waals surface area contributed by atoms with Crippen LogP contribution in [-0.4, -0.2) is 0 Å². The molecular formula is C6H4Cl2N2S. The molecule has 1 atom stereocenters. The second kappa shape index (κ2) is 3.42. The third-order valence-electron chi connectivity index (χ3n) is 1.19. The van der Waals surface area contributed by atoms with E-state index in [0.29, 0.717) is 14.9 Å². The maximum atomic E-state index is 8.47. The van der Waals surface area contributed by atoms with Gasteiger partial charge in [0.15, 0.2) is 0 Å². The van der Waals surface area contributed by atoms with Gasteiger partial charge in [0, 0.05) is 10.9 Å². The molecule has 0 saturated carbocycles. The van der Waals surface area contributed by atoms with E-state index in [1.54, 1.807) is 5.38 Å². The average molecular weight is 207 g/mol. The Morgan fingerprint density at radius 3 is 2.64 bits per heavy atom. The van der Waals surface area contributed by atoms with Gasteiger partial charge in [-0.25, -0.2) is 0 Å². The Bertz CT molecular complexity index is 283. The SMILES string of the molecule is N#CC(N)c1c(Cl)csc1Cl. The van der Waals surface area contributed by atoms with Gasteiger partial charge < -0.3 is 5.73 Å². The molecule has 0 bridgehead atoms. The fraction of sp³-hybridized carbons (Fsp3) is 0.167. The molecule has 0 saturated heterocycles. The summed E-state index contributed by atoms with van der Waals surface area (Å²) in [4.78, 5) is 0. The third kappa shape index (κ3) is 1.66. The van der Waals surface area contributed by atoms with Gasteiger partial charge in [0.2, 0.25) is 0 Å². The predicted molar refractivity (Wildman–Crippen MR) is 46.9 cm³/mol. The highest BCUT2D eigenvalue weighted by Gasteiger charge is 2.14. The molecule has 1 heterocycles. The van der Waals surface area contributed by atoms with Crippen molar-refractivity contribution in [2.45, 2.75) is 6.04 Å². The summed E-state index contributed by atoms with van der Waals surface area (Å²) in [6.07, 6.45) is 0. The van der Waals surface area contributed by atoms with Crippen molar-refractivity contribution in [2.75, 3.05) is 0 Å². The van der Waals surface area contributed by atoms with Gasteiger partial charge in [0.1, 0.15) is 10.4 Å². The first-order chi connectivity index (χ1) is 5.16. The lowest BCUT2D eigenvalue weighted by molar-refractivity contribution is 0.933. The topological polar surface area (TPSA) is 49.8 Å². The van der Waals surface area contributed by atoms with E-state index in [1.807, 2.05) is 6.07 Å². The fourth-order valence-corrected chi connectivity index (χ4v) is 2.16. The van der Waals surface area contributed by atoms with Crippen molar-refractivity contribution in [1.82, 2.24) is 0 Å². The maximum Gasteiger partial charge on any atom is 0.122 e. The summed E-state index contributed by atoms with van der Waals surface area (Å²) in [6, 6.07) is 1.14. The van der Waals surface area contributed by atoms with E-state index >= 15 is 0 Å². The van der Waals surface area contributed by atoms with Crippen LogP contribution in [0.3, 0.4) is 0 Å². The maximum absolute atomic E-state index is 8.47. The van der Waals surface area contributed by atoms with Crippen molar-refractivity contribution in [3.8, 4) is 6.07 Å². The fourth-order valence-electron chi connectivity index (χ4n) is 0.660. The second-order valence-corrected chi connectivity index (χ2v) is 3.77. The molecule has 0 fully saturated rings. The zero-order chi connectivity index (χ0) is 8.43. The predicted octanol–water partition coefficient (Wildman–Crippen LogP) is 2.58. The molecule has 2 N–H and O–H groups in total. The number of hydrogen-bond acceptors (Lipinski definition) is 3. The number of nitrogens with two attached hydrogens (primary N) is 1. The lowest BCUT2D eigenvalue weighted by Crippen LogP contribution is -2.06. The summed E-state index contributed by atoms with van der Waals surface area (Å²) in [5.41, 5.74) is 5.95. The Morgan fingerprint density at radius 2 is 2.27 bits per heavy atom. The number of rotatable bonds is 1. The first-order valence-electron chi connectivity index (χ1n) is 2.74. The molecule has 5 heteroatoms. The highest BCUT2D eigenvalue weighted by Crippen LogP contribution is 2.34.